The van der Waals surface area contributed by atoms with Crippen molar-refractivity contribution in [1.82, 2.24) is 15.2 Å². The van der Waals surface area contributed by atoms with Gasteiger partial charge in [-0.2, -0.15) is 0 Å². The van der Waals surface area contributed by atoms with E-state index in [9.17, 15) is 9.90 Å². The van der Waals surface area contributed by atoms with E-state index < -0.39 is 11.5 Å². The van der Waals surface area contributed by atoms with Gasteiger partial charge in [-0.3, -0.25) is 9.78 Å². The first-order chi connectivity index (χ1) is 10.1. The fraction of sp³-hybridized carbons (Fsp3) is 0.625. The summed E-state index contributed by atoms with van der Waals surface area (Å²) in [5.41, 5.74) is 0.345. The van der Waals surface area contributed by atoms with Gasteiger partial charge in [0.25, 0.3) is 0 Å². The fourth-order valence-electron chi connectivity index (χ4n) is 3.18. The van der Waals surface area contributed by atoms with E-state index in [1.165, 1.54) is 0 Å². The molecule has 5 heteroatoms. The second-order valence-electron chi connectivity index (χ2n) is 5.87. The van der Waals surface area contributed by atoms with E-state index in [4.69, 9.17) is 0 Å². The van der Waals surface area contributed by atoms with Crippen LogP contribution in [0.5, 0.6) is 0 Å². The summed E-state index contributed by atoms with van der Waals surface area (Å²) < 4.78 is 0. The topological polar surface area (TPSA) is 65.5 Å². The van der Waals surface area contributed by atoms with Gasteiger partial charge < -0.3 is 15.3 Å². The highest BCUT2D eigenvalue weighted by atomic mass is 16.4. The second kappa shape index (κ2) is 7.00. The lowest BCUT2D eigenvalue weighted by molar-refractivity contribution is -0.144. The maximum absolute atomic E-state index is 11.6. The number of pyridine rings is 1. The SMILES string of the molecule is CCNC1(C(=O)O)CCC(N(C)CCc2ccccn2)C1. The molecule has 1 aromatic rings. The van der Waals surface area contributed by atoms with E-state index in [2.05, 4.69) is 22.2 Å². The van der Waals surface area contributed by atoms with Crippen LogP contribution in [-0.2, 0) is 11.2 Å². The molecule has 0 bridgehead atoms. The van der Waals surface area contributed by atoms with Gasteiger partial charge in [0.2, 0.25) is 0 Å². The summed E-state index contributed by atoms with van der Waals surface area (Å²) in [6.45, 7) is 3.56. The molecule has 0 radical (unpaired) electrons. The van der Waals surface area contributed by atoms with Gasteiger partial charge in [-0.1, -0.05) is 13.0 Å². The Morgan fingerprint density at radius 2 is 2.38 bits per heavy atom. The van der Waals surface area contributed by atoms with Crippen LogP contribution in [0.3, 0.4) is 0 Å². The smallest absolute Gasteiger partial charge is 0.323 e. The zero-order valence-electron chi connectivity index (χ0n) is 12.9. The molecule has 1 aromatic heterocycles. The standard InChI is InChI=1S/C16H25N3O2/c1-3-18-16(15(20)21)9-7-14(12-16)19(2)11-8-13-6-4-5-10-17-13/h4-6,10,14,18H,3,7-9,11-12H2,1-2H3,(H,20,21). The highest BCUT2D eigenvalue weighted by molar-refractivity contribution is 5.79. The Kier molecular flexibility index (Phi) is 5.31. The molecule has 0 saturated heterocycles. The van der Waals surface area contributed by atoms with Crippen molar-refractivity contribution in [1.29, 1.82) is 0 Å². The normalized spacial score (nSPS) is 25.4. The molecule has 1 aliphatic rings. The first kappa shape index (κ1) is 15.9. The highest BCUT2D eigenvalue weighted by Gasteiger charge is 2.45. The minimum Gasteiger partial charge on any atom is -0.480 e. The van der Waals surface area contributed by atoms with Gasteiger partial charge in [0.1, 0.15) is 5.54 Å². The number of carboxylic acids is 1. The molecule has 116 valence electrons. The first-order valence-corrected chi connectivity index (χ1v) is 7.66. The average Bonchev–Trinajstić information content (AvgIpc) is 2.92. The van der Waals surface area contributed by atoms with E-state index >= 15 is 0 Å². The summed E-state index contributed by atoms with van der Waals surface area (Å²) in [5.74, 6) is -0.718. The van der Waals surface area contributed by atoms with E-state index in [0.29, 0.717) is 25.4 Å². The van der Waals surface area contributed by atoms with Crippen molar-refractivity contribution < 1.29 is 9.90 Å². The van der Waals surface area contributed by atoms with Crippen LogP contribution in [0, 0.1) is 0 Å². The molecule has 1 fully saturated rings. The lowest BCUT2D eigenvalue weighted by Gasteiger charge is -2.28. The van der Waals surface area contributed by atoms with Gasteiger partial charge in [0.15, 0.2) is 0 Å². The van der Waals surface area contributed by atoms with Gasteiger partial charge in [-0.05, 0) is 45.0 Å². The predicted octanol–water partition coefficient (Wildman–Crippen LogP) is 1.54. The van der Waals surface area contributed by atoms with Crippen molar-refractivity contribution in [2.45, 2.75) is 44.2 Å². The molecule has 0 amide bonds. The van der Waals surface area contributed by atoms with Gasteiger partial charge in [0.05, 0.1) is 0 Å². The monoisotopic (exact) mass is 291 g/mol. The van der Waals surface area contributed by atoms with Crippen molar-refractivity contribution in [2.75, 3.05) is 20.1 Å². The Balaban J connectivity index is 1.89. The average molecular weight is 291 g/mol. The van der Waals surface area contributed by atoms with Crippen molar-refractivity contribution in [2.24, 2.45) is 0 Å². The number of carbonyl (C=O) groups is 1. The number of nitrogens with zero attached hydrogens (tertiary/aromatic N) is 2. The number of rotatable bonds is 7. The van der Waals surface area contributed by atoms with E-state index in [-0.39, 0.29) is 0 Å². The number of likely N-dealkylation sites (N-methyl/N-ethyl adjacent to an activating group) is 2. The third-order valence-corrected chi connectivity index (χ3v) is 4.48. The lowest BCUT2D eigenvalue weighted by Crippen LogP contribution is -2.51. The van der Waals surface area contributed by atoms with Crippen molar-refractivity contribution in [3.8, 4) is 0 Å². The van der Waals surface area contributed by atoms with Crippen molar-refractivity contribution in [3.63, 3.8) is 0 Å². The van der Waals surface area contributed by atoms with Crippen LogP contribution in [0.2, 0.25) is 0 Å². The minimum absolute atomic E-state index is 0.323. The van der Waals surface area contributed by atoms with Gasteiger partial charge in [0, 0.05) is 30.9 Å². The molecular weight excluding hydrogens is 266 g/mol. The number of nitrogens with one attached hydrogen (secondary N) is 1. The Morgan fingerprint density at radius 3 is 3.00 bits per heavy atom. The molecule has 2 rings (SSSR count). The Morgan fingerprint density at radius 1 is 1.57 bits per heavy atom. The fourth-order valence-corrected chi connectivity index (χ4v) is 3.18. The molecular formula is C16H25N3O2. The largest absolute Gasteiger partial charge is 0.480 e. The summed E-state index contributed by atoms with van der Waals surface area (Å²) >= 11 is 0. The molecule has 1 saturated carbocycles. The molecule has 1 aliphatic carbocycles. The molecule has 2 N–H and O–H groups in total. The van der Waals surface area contributed by atoms with Crippen molar-refractivity contribution >= 4 is 5.97 Å². The summed E-state index contributed by atoms with van der Waals surface area (Å²) in [6.07, 6.45) is 5.02. The first-order valence-electron chi connectivity index (χ1n) is 7.66. The number of aliphatic carboxylic acids is 1. The van der Waals surface area contributed by atoms with Crippen LogP contribution in [0.4, 0.5) is 0 Å². The molecule has 21 heavy (non-hydrogen) atoms. The zero-order valence-corrected chi connectivity index (χ0v) is 12.9. The Bertz CT molecular complexity index is 466. The van der Waals surface area contributed by atoms with E-state index in [1.54, 1.807) is 0 Å². The minimum atomic E-state index is -0.737. The second-order valence-corrected chi connectivity index (χ2v) is 5.87. The maximum atomic E-state index is 11.6. The molecule has 0 spiro atoms. The lowest BCUT2D eigenvalue weighted by atomic mass is 9.97. The highest BCUT2D eigenvalue weighted by Crippen LogP contribution is 2.33. The van der Waals surface area contributed by atoms with Crippen LogP contribution in [-0.4, -0.2) is 52.7 Å². The van der Waals surface area contributed by atoms with Crippen LogP contribution in [0.15, 0.2) is 24.4 Å². The van der Waals surface area contributed by atoms with E-state index in [0.717, 1.165) is 25.1 Å². The van der Waals surface area contributed by atoms with Crippen molar-refractivity contribution in [3.05, 3.63) is 30.1 Å². The number of aromatic nitrogens is 1. The van der Waals surface area contributed by atoms with Gasteiger partial charge in [-0.15, -0.1) is 0 Å². The predicted molar refractivity (Wildman–Crippen MR) is 82.3 cm³/mol. The summed E-state index contributed by atoms with van der Waals surface area (Å²) in [6, 6.07) is 6.27. The molecule has 2 atom stereocenters. The van der Waals surface area contributed by atoms with Crippen LogP contribution in [0.1, 0.15) is 31.9 Å². The summed E-state index contributed by atoms with van der Waals surface area (Å²) in [7, 11) is 2.08. The number of carboxylic acid groups (broad SMARTS) is 1. The molecule has 2 unspecified atom stereocenters. The maximum Gasteiger partial charge on any atom is 0.323 e. The Labute approximate surface area is 126 Å². The number of hydrogen-bond acceptors (Lipinski definition) is 4. The molecule has 0 aliphatic heterocycles. The summed E-state index contributed by atoms with van der Waals surface area (Å²) in [5, 5.41) is 12.7. The quantitative estimate of drug-likeness (QED) is 0.798. The third-order valence-electron chi connectivity index (χ3n) is 4.48. The van der Waals surface area contributed by atoms with Crippen LogP contribution in [0.25, 0.3) is 0 Å². The zero-order chi connectivity index (χ0) is 15.3. The van der Waals surface area contributed by atoms with E-state index in [1.807, 2.05) is 31.3 Å². The van der Waals surface area contributed by atoms with Gasteiger partial charge in [-0.25, -0.2) is 0 Å². The molecule has 5 nitrogen and oxygen atoms in total. The molecule has 0 aromatic carbocycles. The van der Waals surface area contributed by atoms with Crippen LogP contribution >= 0.6 is 0 Å². The van der Waals surface area contributed by atoms with Gasteiger partial charge >= 0.3 is 5.97 Å². The van der Waals surface area contributed by atoms with Crippen LogP contribution < -0.4 is 5.32 Å². The Hall–Kier alpha value is -1.46. The molecule has 1 heterocycles. The third kappa shape index (κ3) is 3.80. The summed E-state index contributed by atoms with van der Waals surface area (Å²) in [4.78, 5) is 18.2. The number of hydrogen-bond donors (Lipinski definition) is 2.